The van der Waals surface area contributed by atoms with Crippen molar-refractivity contribution in [3.63, 3.8) is 0 Å². The summed E-state index contributed by atoms with van der Waals surface area (Å²) in [6, 6.07) is 7.41. The fourth-order valence-corrected chi connectivity index (χ4v) is 1.57. The number of methoxy groups -OCH3 is 1. The summed E-state index contributed by atoms with van der Waals surface area (Å²) < 4.78 is 5.15. The van der Waals surface area contributed by atoms with Crippen molar-refractivity contribution in [3.8, 4) is 11.8 Å². The molecule has 0 saturated heterocycles. The van der Waals surface area contributed by atoms with E-state index in [-0.39, 0.29) is 18.6 Å². The molecule has 4 nitrogen and oxygen atoms in total. The quantitative estimate of drug-likeness (QED) is 0.821. The van der Waals surface area contributed by atoms with Gasteiger partial charge in [-0.2, -0.15) is 0 Å². The van der Waals surface area contributed by atoms with Crippen LogP contribution in [-0.2, 0) is 9.53 Å². The van der Waals surface area contributed by atoms with Crippen molar-refractivity contribution >= 4 is 5.91 Å². The van der Waals surface area contributed by atoms with E-state index in [4.69, 9.17) is 9.84 Å². The second kappa shape index (κ2) is 7.09. The van der Waals surface area contributed by atoms with Crippen LogP contribution in [0.3, 0.4) is 0 Å². The number of rotatable bonds is 4. The van der Waals surface area contributed by atoms with E-state index in [0.29, 0.717) is 0 Å². The topological polar surface area (TPSA) is 58.6 Å². The summed E-state index contributed by atoms with van der Waals surface area (Å²) in [7, 11) is 1.51. The van der Waals surface area contributed by atoms with Crippen LogP contribution in [0.5, 0.6) is 0 Å². The smallest absolute Gasteiger partial charge is 0.252 e. The molecule has 0 bridgehead atoms. The van der Waals surface area contributed by atoms with Crippen molar-refractivity contribution in [2.45, 2.75) is 32.4 Å². The molecule has 1 rings (SSSR count). The second-order valence-corrected chi connectivity index (χ2v) is 4.99. The predicted octanol–water partition coefficient (Wildman–Crippen LogP) is 1.63. The predicted molar refractivity (Wildman–Crippen MR) is 78.1 cm³/mol. The van der Waals surface area contributed by atoms with E-state index in [1.807, 2.05) is 31.2 Å². The molecule has 0 spiro atoms. The van der Waals surface area contributed by atoms with Crippen LogP contribution in [0.2, 0.25) is 0 Å². The van der Waals surface area contributed by atoms with Crippen LogP contribution in [0.15, 0.2) is 24.3 Å². The second-order valence-electron chi connectivity index (χ2n) is 4.99. The lowest BCUT2D eigenvalue weighted by Crippen LogP contribution is -2.44. The molecular weight excluding hydrogens is 254 g/mol. The average Bonchev–Trinajstić information content (AvgIpc) is 2.45. The minimum absolute atomic E-state index is 0.146. The summed E-state index contributed by atoms with van der Waals surface area (Å²) in [5, 5.41) is 11.6. The van der Waals surface area contributed by atoms with Gasteiger partial charge in [0.05, 0.1) is 6.04 Å². The molecule has 0 aromatic heterocycles. The Bertz CT molecular complexity index is 526. The summed E-state index contributed by atoms with van der Waals surface area (Å²) >= 11 is 0. The molecule has 0 fully saturated rings. The van der Waals surface area contributed by atoms with E-state index in [9.17, 15) is 4.79 Å². The van der Waals surface area contributed by atoms with Crippen LogP contribution in [0.1, 0.15) is 37.9 Å². The number of carbonyl (C=O) groups excluding carboxylic acids is 1. The molecule has 1 aromatic rings. The molecule has 4 heteroatoms. The molecule has 1 unspecified atom stereocenters. The molecule has 1 amide bonds. The van der Waals surface area contributed by atoms with Gasteiger partial charge in [0.15, 0.2) is 0 Å². The number of benzene rings is 1. The summed E-state index contributed by atoms with van der Waals surface area (Å²) in [6.45, 7) is 5.18. The fraction of sp³-hybridized carbons (Fsp3) is 0.438. The SMILES string of the molecule is COC(C)(C)C(=O)NC(C)c1cccc(C#CCO)c1. The highest BCUT2D eigenvalue weighted by molar-refractivity contribution is 5.84. The normalized spacial score (nSPS) is 12.2. The molecule has 1 aromatic carbocycles. The number of aliphatic hydroxyl groups excluding tert-OH is 1. The van der Waals surface area contributed by atoms with Crippen LogP contribution in [0.25, 0.3) is 0 Å². The highest BCUT2D eigenvalue weighted by Crippen LogP contribution is 2.16. The Balaban J connectivity index is 2.82. The van der Waals surface area contributed by atoms with Crippen LogP contribution < -0.4 is 5.32 Å². The van der Waals surface area contributed by atoms with E-state index in [2.05, 4.69) is 17.2 Å². The molecule has 108 valence electrons. The Morgan fingerprint density at radius 3 is 2.80 bits per heavy atom. The maximum atomic E-state index is 12.0. The standard InChI is InChI=1S/C16H21NO3/c1-12(17-15(19)16(2,3)20-4)14-9-5-7-13(11-14)8-6-10-18/h5,7,9,11-12,18H,10H2,1-4H3,(H,17,19). The van der Waals surface area contributed by atoms with Crippen molar-refractivity contribution in [1.82, 2.24) is 5.32 Å². The number of ether oxygens (including phenoxy) is 1. The molecule has 2 N–H and O–H groups in total. The van der Waals surface area contributed by atoms with Gasteiger partial charge in [-0.3, -0.25) is 4.79 Å². The zero-order valence-electron chi connectivity index (χ0n) is 12.4. The van der Waals surface area contributed by atoms with Gasteiger partial charge in [-0.05, 0) is 38.5 Å². The van der Waals surface area contributed by atoms with Crippen LogP contribution in [0.4, 0.5) is 0 Å². The first kappa shape index (κ1) is 16.2. The molecule has 1 atom stereocenters. The molecular formula is C16H21NO3. The molecule has 0 aliphatic heterocycles. The third-order valence-corrected chi connectivity index (χ3v) is 3.10. The van der Waals surface area contributed by atoms with E-state index in [0.717, 1.165) is 11.1 Å². The molecule has 0 aliphatic rings. The summed E-state index contributed by atoms with van der Waals surface area (Å²) in [4.78, 5) is 12.0. The Morgan fingerprint density at radius 1 is 1.50 bits per heavy atom. The number of hydrogen-bond acceptors (Lipinski definition) is 3. The average molecular weight is 275 g/mol. The molecule has 0 radical (unpaired) electrons. The molecule has 20 heavy (non-hydrogen) atoms. The first-order chi connectivity index (χ1) is 9.40. The lowest BCUT2D eigenvalue weighted by molar-refractivity contribution is -0.140. The largest absolute Gasteiger partial charge is 0.384 e. The third-order valence-electron chi connectivity index (χ3n) is 3.10. The summed E-state index contributed by atoms with van der Waals surface area (Å²) in [6.07, 6.45) is 0. The minimum Gasteiger partial charge on any atom is -0.384 e. The van der Waals surface area contributed by atoms with Crippen molar-refractivity contribution in [1.29, 1.82) is 0 Å². The van der Waals surface area contributed by atoms with Gasteiger partial charge in [-0.1, -0.05) is 24.0 Å². The van der Waals surface area contributed by atoms with Gasteiger partial charge >= 0.3 is 0 Å². The zero-order chi connectivity index (χ0) is 15.2. The molecule has 0 heterocycles. The van der Waals surface area contributed by atoms with E-state index < -0.39 is 5.60 Å². The fourth-order valence-electron chi connectivity index (χ4n) is 1.57. The Labute approximate surface area is 120 Å². The number of hydrogen-bond donors (Lipinski definition) is 2. The van der Waals surface area contributed by atoms with Gasteiger partial charge in [-0.15, -0.1) is 0 Å². The highest BCUT2D eigenvalue weighted by atomic mass is 16.5. The van der Waals surface area contributed by atoms with E-state index in [1.54, 1.807) is 13.8 Å². The van der Waals surface area contributed by atoms with Crippen molar-refractivity contribution in [2.24, 2.45) is 0 Å². The van der Waals surface area contributed by atoms with Gasteiger partial charge in [-0.25, -0.2) is 0 Å². The first-order valence-corrected chi connectivity index (χ1v) is 6.46. The van der Waals surface area contributed by atoms with Gasteiger partial charge in [0.25, 0.3) is 5.91 Å². The minimum atomic E-state index is -0.859. The van der Waals surface area contributed by atoms with E-state index in [1.165, 1.54) is 7.11 Å². The number of aliphatic hydroxyl groups is 1. The van der Waals surface area contributed by atoms with Crippen molar-refractivity contribution in [3.05, 3.63) is 35.4 Å². The maximum absolute atomic E-state index is 12.0. The number of carbonyl (C=O) groups is 1. The molecule has 0 aliphatic carbocycles. The van der Waals surface area contributed by atoms with Gasteiger partial charge in [0.2, 0.25) is 0 Å². The van der Waals surface area contributed by atoms with Gasteiger partial charge < -0.3 is 15.2 Å². The zero-order valence-corrected chi connectivity index (χ0v) is 12.4. The lowest BCUT2D eigenvalue weighted by atomic mass is 10.0. The monoisotopic (exact) mass is 275 g/mol. The Morgan fingerprint density at radius 2 is 2.20 bits per heavy atom. The third kappa shape index (κ3) is 4.37. The Kier molecular flexibility index (Phi) is 5.75. The molecule has 0 saturated carbocycles. The first-order valence-electron chi connectivity index (χ1n) is 6.46. The van der Waals surface area contributed by atoms with Crippen LogP contribution >= 0.6 is 0 Å². The van der Waals surface area contributed by atoms with E-state index >= 15 is 0 Å². The summed E-state index contributed by atoms with van der Waals surface area (Å²) in [5.41, 5.74) is 0.904. The van der Waals surface area contributed by atoms with Gasteiger partial charge in [0.1, 0.15) is 12.2 Å². The number of amides is 1. The van der Waals surface area contributed by atoms with Crippen LogP contribution in [0, 0.1) is 11.8 Å². The number of nitrogens with one attached hydrogen (secondary N) is 1. The van der Waals surface area contributed by atoms with Crippen LogP contribution in [-0.4, -0.2) is 30.3 Å². The Hall–Kier alpha value is -1.83. The van der Waals surface area contributed by atoms with Gasteiger partial charge in [0, 0.05) is 12.7 Å². The summed E-state index contributed by atoms with van der Waals surface area (Å²) in [5.74, 6) is 5.28. The highest BCUT2D eigenvalue weighted by Gasteiger charge is 2.28. The lowest BCUT2D eigenvalue weighted by Gasteiger charge is -2.24. The van der Waals surface area contributed by atoms with Crippen molar-refractivity contribution < 1.29 is 14.6 Å². The maximum Gasteiger partial charge on any atom is 0.252 e. The van der Waals surface area contributed by atoms with Crippen molar-refractivity contribution in [2.75, 3.05) is 13.7 Å².